The van der Waals surface area contributed by atoms with Crippen molar-refractivity contribution in [3.05, 3.63) is 76.2 Å². The Bertz CT molecular complexity index is 892. The highest BCUT2D eigenvalue weighted by Gasteiger charge is 2.32. The number of aliphatic hydroxyl groups is 1. The molecule has 27 heavy (non-hydrogen) atoms. The highest BCUT2D eigenvalue weighted by atomic mass is 32.1. The summed E-state index contributed by atoms with van der Waals surface area (Å²) in [6.45, 7) is -0.0718. The molecule has 2 aromatic heterocycles. The summed E-state index contributed by atoms with van der Waals surface area (Å²) >= 11 is 1.59. The van der Waals surface area contributed by atoms with Crippen LogP contribution in [0.5, 0.6) is 0 Å². The van der Waals surface area contributed by atoms with Crippen molar-refractivity contribution in [1.29, 1.82) is 0 Å². The standard InChI is InChI=1S/C19H15F3N2O2S/c20-19(21,22)17-6-5-14(9-23-17)18(26)24-10-16(25)13-3-1-12(2-4-13)15-7-8-27-11-15/h1-9,11,16,25H,10H2,(H,24,26)/t16-/m0/s1. The van der Waals surface area contributed by atoms with E-state index < -0.39 is 23.9 Å². The van der Waals surface area contributed by atoms with Gasteiger partial charge in [-0.25, -0.2) is 0 Å². The van der Waals surface area contributed by atoms with E-state index in [1.807, 2.05) is 29.0 Å². The highest BCUT2D eigenvalue weighted by Crippen LogP contribution is 2.27. The predicted molar refractivity (Wildman–Crippen MR) is 96.3 cm³/mol. The molecule has 0 saturated heterocycles. The molecule has 140 valence electrons. The largest absolute Gasteiger partial charge is 0.433 e. The topological polar surface area (TPSA) is 62.2 Å². The van der Waals surface area contributed by atoms with Crippen LogP contribution in [0.4, 0.5) is 13.2 Å². The molecule has 0 aliphatic carbocycles. The first kappa shape index (κ1) is 19.1. The van der Waals surface area contributed by atoms with E-state index in [4.69, 9.17) is 0 Å². The Morgan fingerprint density at radius 1 is 1.11 bits per heavy atom. The number of amides is 1. The van der Waals surface area contributed by atoms with Crippen molar-refractivity contribution in [2.24, 2.45) is 0 Å². The van der Waals surface area contributed by atoms with Crippen molar-refractivity contribution in [2.45, 2.75) is 12.3 Å². The van der Waals surface area contributed by atoms with Gasteiger partial charge in [-0.2, -0.15) is 24.5 Å². The van der Waals surface area contributed by atoms with Crippen molar-refractivity contribution in [3.63, 3.8) is 0 Å². The maximum absolute atomic E-state index is 12.5. The number of pyridine rings is 1. The lowest BCUT2D eigenvalue weighted by atomic mass is 10.0. The van der Waals surface area contributed by atoms with Gasteiger partial charge in [0.25, 0.3) is 5.91 Å². The van der Waals surface area contributed by atoms with Crippen molar-refractivity contribution < 1.29 is 23.1 Å². The van der Waals surface area contributed by atoms with E-state index in [2.05, 4.69) is 10.3 Å². The molecule has 0 radical (unpaired) electrons. The lowest BCUT2D eigenvalue weighted by molar-refractivity contribution is -0.141. The molecule has 3 aromatic rings. The minimum atomic E-state index is -4.56. The molecular formula is C19H15F3N2O2S. The molecule has 0 bridgehead atoms. The monoisotopic (exact) mass is 392 g/mol. The Kier molecular flexibility index (Phi) is 5.57. The highest BCUT2D eigenvalue weighted by molar-refractivity contribution is 7.08. The Morgan fingerprint density at radius 3 is 2.41 bits per heavy atom. The maximum Gasteiger partial charge on any atom is 0.433 e. The van der Waals surface area contributed by atoms with E-state index in [0.29, 0.717) is 5.56 Å². The number of nitrogens with zero attached hydrogens (tertiary/aromatic N) is 1. The maximum atomic E-state index is 12.5. The molecule has 0 aliphatic heterocycles. The molecule has 3 rings (SSSR count). The van der Waals surface area contributed by atoms with Crippen LogP contribution in [-0.2, 0) is 6.18 Å². The van der Waals surface area contributed by atoms with Gasteiger partial charge in [-0.05, 0) is 45.6 Å². The zero-order chi connectivity index (χ0) is 19.4. The number of nitrogens with one attached hydrogen (secondary N) is 1. The lowest BCUT2D eigenvalue weighted by Crippen LogP contribution is -2.28. The smallest absolute Gasteiger partial charge is 0.387 e. The van der Waals surface area contributed by atoms with Crippen LogP contribution in [0.25, 0.3) is 11.1 Å². The molecule has 8 heteroatoms. The number of thiophene rings is 1. The fourth-order valence-corrected chi connectivity index (χ4v) is 3.10. The number of hydrogen-bond acceptors (Lipinski definition) is 4. The Labute approximate surface area is 157 Å². The summed E-state index contributed by atoms with van der Waals surface area (Å²) in [5.74, 6) is -0.606. The number of hydrogen-bond donors (Lipinski definition) is 2. The third-order valence-corrected chi connectivity index (χ3v) is 4.61. The van der Waals surface area contributed by atoms with Gasteiger partial charge in [0, 0.05) is 12.7 Å². The molecule has 1 amide bonds. The summed E-state index contributed by atoms with van der Waals surface area (Å²) in [5.41, 5.74) is 1.66. The van der Waals surface area contributed by atoms with E-state index >= 15 is 0 Å². The third kappa shape index (κ3) is 4.72. The van der Waals surface area contributed by atoms with Crippen LogP contribution in [0.2, 0.25) is 0 Å². The summed E-state index contributed by atoms with van der Waals surface area (Å²) in [6, 6.07) is 11.1. The molecule has 1 aromatic carbocycles. The Morgan fingerprint density at radius 2 is 1.85 bits per heavy atom. The second kappa shape index (κ2) is 7.89. The molecule has 1 atom stereocenters. The van der Waals surface area contributed by atoms with Crippen LogP contribution in [0.1, 0.15) is 27.7 Å². The zero-order valence-electron chi connectivity index (χ0n) is 13.9. The second-order valence-corrected chi connectivity index (χ2v) is 6.57. The predicted octanol–water partition coefficient (Wildman–Crippen LogP) is 4.29. The second-order valence-electron chi connectivity index (χ2n) is 5.79. The van der Waals surface area contributed by atoms with Gasteiger partial charge in [-0.15, -0.1) is 0 Å². The van der Waals surface area contributed by atoms with Gasteiger partial charge >= 0.3 is 6.18 Å². The van der Waals surface area contributed by atoms with Crippen LogP contribution in [0.3, 0.4) is 0 Å². The summed E-state index contributed by atoms with van der Waals surface area (Å²) in [4.78, 5) is 15.3. The van der Waals surface area contributed by atoms with Crippen LogP contribution in [0.15, 0.2) is 59.4 Å². The number of carbonyl (C=O) groups is 1. The summed E-state index contributed by atoms with van der Waals surface area (Å²) in [7, 11) is 0. The number of aromatic nitrogens is 1. The first-order valence-corrected chi connectivity index (χ1v) is 8.91. The number of halogens is 3. The van der Waals surface area contributed by atoms with E-state index in [-0.39, 0.29) is 12.1 Å². The van der Waals surface area contributed by atoms with E-state index in [1.165, 1.54) is 0 Å². The first-order valence-electron chi connectivity index (χ1n) is 7.96. The van der Waals surface area contributed by atoms with Crippen LogP contribution in [0, 0.1) is 0 Å². The molecular weight excluding hydrogens is 377 g/mol. The average molecular weight is 392 g/mol. The lowest BCUT2D eigenvalue weighted by Gasteiger charge is -2.13. The molecule has 0 unspecified atom stereocenters. The Balaban J connectivity index is 1.58. The fourth-order valence-electron chi connectivity index (χ4n) is 2.43. The fraction of sp³-hybridized carbons (Fsp3) is 0.158. The molecule has 4 nitrogen and oxygen atoms in total. The third-order valence-electron chi connectivity index (χ3n) is 3.92. The van der Waals surface area contributed by atoms with E-state index in [1.54, 1.807) is 23.5 Å². The van der Waals surface area contributed by atoms with Gasteiger partial charge in [0.05, 0.1) is 11.7 Å². The zero-order valence-corrected chi connectivity index (χ0v) is 14.7. The van der Waals surface area contributed by atoms with Gasteiger partial charge < -0.3 is 10.4 Å². The first-order chi connectivity index (χ1) is 12.8. The van der Waals surface area contributed by atoms with Crippen molar-refractivity contribution in [1.82, 2.24) is 10.3 Å². The van der Waals surface area contributed by atoms with Crippen molar-refractivity contribution in [2.75, 3.05) is 6.54 Å². The van der Waals surface area contributed by atoms with Gasteiger partial charge in [0.15, 0.2) is 0 Å². The molecule has 0 fully saturated rings. The van der Waals surface area contributed by atoms with Gasteiger partial charge in [0.2, 0.25) is 0 Å². The van der Waals surface area contributed by atoms with Crippen LogP contribution >= 0.6 is 11.3 Å². The van der Waals surface area contributed by atoms with Crippen LogP contribution < -0.4 is 5.32 Å². The van der Waals surface area contributed by atoms with E-state index in [0.717, 1.165) is 29.5 Å². The average Bonchev–Trinajstić information content (AvgIpc) is 3.20. The molecule has 0 spiro atoms. The SMILES string of the molecule is O=C(NC[C@H](O)c1ccc(-c2ccsc2)cc1)c1ccc(C(F)(F)F)nc1. The van der Waals surface area contributed by atoms with Gasteiger partial charge in [-0.3, -0.25) is 9.78 Å². The van der Waals surface area contributed by atoms with Crippen molar-refractivity contribution >= 4 is 17.2 Å². The number of carbonyl (C=O) groups excluding carboxylic acids is 1. The minimum absolute atomic E-state index is 0.0111. The molecule has 2 heterocycles. The minimum Gasteiger partial charge on any atom is -0.387 e. The van der Waals surface area contributed by atoms with E-state index in [9.17, 15) is 23.1 Å². The van der Waals surface area contributed by atoms with Crippen molar-refractivity contribution in [3.8, 4) is 11.1 Å². The number of aliphatic hydroxyl groups excluding tert-OH is 1. The quantitative estimate of drug-likeness (QED) is 0.681. The summed E-state index contributed by atoms with van der Waals surface area (Å²) in [6.07, 6.45) is -4.63. The van der Waals surface area contributed by atoms with Gasteiger partial charge in [-0.1, -0.05) is 24.3 Å². The molecule has 0 aliphatic rings. The normalized spacial score (nSPS) is 12.6. The number of alkyl halides is 3. The van der Waals surface area contributed by atoms with Crippen LogP contribution in [-0.4, -0.2) is 22.5 Å². The number of rotatable bonds is 5. The van der Waals surface area contributed by atoms with Gasteiger partial charge in [0.1, 0.15) is 5.69 Å². The summed E-state index contributed by atoms with van der Waals surface area (Å²) < 4.78 is 37.5. The Hall–Kier alpha value is -2.71. The number of benzene rings is 1. The summed E-state index contributed by atoms with van der Waals surface area (Å²) in [5, 5.41) is 16.7. The molecule has 2 N–H and O–H groups in total. The molecule has 0 saturated carbocycles.